The summed E-state index contributed by atoms with van der Waals surface area (Å²) in [5.74, 6) is 0.746. The van der Waals surface area contributed by atoms with Gasteiger partial charge in [-0.25, -0.2) is 9.59 Å². The Kier molecular flexibility index (Phi) is 4.44. The lowest BCUT2D eigenvalue weighted by Crippen LogP contribution is -2.54. The number of H-pyrrole nitrogens is 1. The number of carboxylic acid groups (broad SMARTS) is 2. The lowest BCUT2D eigenvalue weighted by Gasteiger charge is -2.45. The molecule has 23 heavy (non-hydrogen) atoms. The standard InChI is InChI=1S/C14H21N5O4/c20-13(21)11-6-10-5-8(2-4-12-15-17-18-16-12)1-3-9(10)7-19(11)14(22)23/h8-11H,1-7H2,(H,20,21)(H,22,23)(H,15,16,17,18)/t8-,9-,10-,11-/m0/s1. The number of aryl methyl sites for hydroxylation is 1. The monoisotopic (exact) mass is 323 g/mol. The van der Waals surface area contributed by atoms with Crippen molar-refractivity contribution in [2.45, 2.75) is 44.6 Å². The van der Waals surface area contributed by atoms with E-state index in [0.29, 0.717) is 24.7 Å². The van der Waals surface area contributed by atoms with Crippen molar-refractivity contribution in [1.82, 2.24) is 25.5 Å². The molecule has 3 N–H and O–H groups in total. The highest BCUT2D eigenvalue weighted by molar-refractivity contribution is 5.79. The molecule has 1 saturated heterocycles. The lowest BCUT2D eigenvalue weighted by atomic mass is 9.68. The van der Waals surface area contributed by atoms with Crippen LogP contribution in [0.15, 0.2) is 0 Å². The lowest BCUT2D eigenvalue weighted by molar-refractivity contribution is -0.146. The number of nitrogens with zero attached hydrogens (tertiary/aromatic N) is 4. The average Bonchev–Trinajstić information content (AvgIpc) is 3.04. The van der Waals surface area contributed by atoms with Crippen molar-refractivity contribution in [3.8, 4) is 0 Å². The van der Waals surface area contributed by atoms with E-state index in [9.17, 15) is 19.8 Å². The van der Waals surface area contributed by atoms with Crippen LogP contribution in [0.3, 0.4) is 0 Å². The zero-order chi connectivity index (χ0) is 16.4. The molecule has 2 aliphatic rings. The Hall–Kier alpha value is -2.19. The van der Waals surface area contributed by atoms with Gasteiger partial charge in [0.25, 0.3) is 0 Å². The van der Waals surface area contributed by atoms with Gasteiger partial charge in [0.05, 0.1) is 0 Å². The Balaban J connectivity index is 1.59. The SMILES string of the molecule is O=C(O)[C@@H]1C[C@@H]2C[C@H](CCc3nn[nH]n3)CC[C@H]2CN1C(=O)O. The fraction of sp³-hybridized carbons (Fsp3) is 0.786. The largest absolute Gasteiger partial charge is 0.480 e. The molecule has 0 aromatic carbocycles. The van der Waals surface area contributed by atoms with Gasteiger partial charge in [-0.2, -0.15) is 5.21 Å². The molecule has 0 spiro atoms. The maximum absolute atomic E-state index is 11.4. The van der Waals surface area contributed by atoms with Crippen LogP contribution in [-0.4, -0.2) is 60.4 Å². The van der Waals surface area contributed by atoms with Crippen LogP contribution in [0.5, 0.6) is 0 Å². The molecule has 3 rings (SSSR count). The smallest absolute Gasteiger partial charge is 0.408 e. The average molecular weight is 323 g/mol. The highest BCUT2D eigenvalue weighted by Crippen LogP contribution is 2.42. The minimum atomic E-state index is -1.13. The predicted octanol–water partition coefficient (Wildman–Crippen LogP) is 1.00. The second kappa shape index (κ2) is 6.51. The predicted molar refractivity (Wildman–Crippen MR) is 77.6 cm³/mol. The van der Waals surface area contributed by atoms with Gasteiger partial charge in [-0.05, 0) is 43.4 Å². The first-order chi connectivity index (χ1) is 11.0. The Morgan fingerprint density at radius 3 is 2.70 bits per heavy atom. The van der Waals surface area contributed by atoms with Gasteiger partial charge in [-0.1, -0.05) is 11.6 Å². The molecular formula is C14H21N5O4. The van der Waals surface area contributed by atoms with Crippen molar-refractivity contribution in [2.75, 3.05) is 6.54 Å². The number of nitrogens with one attached hydrogen (secondary N) is 1. The molecule has 1 aromatic heterocycles. The molecule has 0 unspecified atom stereocenters. The molecule has 0 bridgehead atoms. The van der Waals surface area contributed by atoms with Gasteiger partial charge in [0.1, 0.15) is 6.04 Å². The molecule has 1 aromatic rings. The number of aromatic nitrogens is 4. The highest BCUT2D eigenvalue weighted by Gasteiger charge is 2.43. The number of amides is 1. The molecule has 4 atom stereocenters. The van der Waals surface area contributed by atoms with Crippen molar-refractivity contribution in [1.29, 1.82) is 0 Å². The fourth-order valence-corrected chi connectivity index (χ4v) is 4.08. The maximum atomic E-state index is 11.4. The summed E-state index contributed by atoms with van der Waals surface area (Å²) in [7, 11) is 0. The van der Waals surface area contributed by atoms with Gasteiger partial charge in [-0.3, -0.25) is 4.90 Å². The summed E-state index contributed by atoms with van der Waals surface area (Å²) in [5, 5.41) is 32.4. The summed E-state index contributed by atoms with van der Waals surface area (Å²) < 4.78 is 0. The summed E-state index contributed by atoms with van der Waals surface area (Å²) in [4.78, 5) is 23.8. The van der Waals surface area contributed by atoms with E-state index in [1.807, 2.05) is 0 Å². The van der Waals surface area contributed by atoms with E-state index in [0.717, 1.165) is 37.0 Å². The van der Waals surface area contributed by atoms with Crippen LogP contribution in [0.1, 0.15) is 37.9 Å². The first kappa shape index (κ1) is 15.7. The number of hydrogen-bond acceptors (Lipinski definition) is 5. The number of tetrazole rings is 1. The Morgan fingerprint density at radius 1 is 1.22 bits per heavy atom. The van der Waals surface area contributed by atoms with Gasteiger partial charge in [-0.15, -0.1) is 10.2 Å². The van der Waals surface area contributed by atoms with Crippen LogP contribution >= 0.6 is 0 Å². The third-order valence-corrected chi connectivity index (χ3v) is 5.28. The van der Waals surface area contributed by atoms with Crippen molar-refractivity contribution >= 4 is 12.1 Å². The third kappa shape index (κ3) is 3.43. The van der Waals surface area contributed by atoms with Crippen molar-refractivity contribution in [3.63, 3.8) is 0 Å². The van der Waals surface area contributed by atoms with Crippen molar-refractivity contribution < 1.29 is 19.8 Å². The molecule has 1 aliphatic carbocycles. The summed E-state index contributed by atoms with van der Waals surface area (Å²) in [6, 6.07) is -0.912. The molecule has 9 nitrogen and oxygen atoms in total. The highest BCUT2D eigenvalue weighted by atomic mass is 16.4. The van der Waals surface area contributed by atoms with Gasteiger partial charge in [0.15, 0.2) is 5.82 Å². The van der Waals surface area contributed by atoms with Gasteiger partial charge in [0.2, 0.25) is 0 Å². The number of carboxylic acids is 1. The van der Waals surface area contributed by atoms with E-state index in [4.69, 9.17) is 0 Å². The second-order valence-corrected chi connectivity index (χ2v) is 6.59. The first-order valence-corrected chi connectivity index (χ1v) is 7.99. The number of piperidine rings is 1. The molecule has 1 saturated carbocycles. The van der Waals surface area contributed by atoms with Crippen LogP contribution in [-0.2, 0) is 11.2 Å². The van der Waals surface area contributed by atoms with Crippen LogP contribution in [0, 0.1) is 17.8 Å². The fourth-order valence-electron chi connectivity index (χ4n) is 4.08. The minimum Gasteiger partial charge on any atom is -0.480 e. The third-order valence-electron chi connectivity index (χ3n) is 5.28. The zero-order valence-electron chi connectivity index (χ0n) is 12.8. The quantitative estimate of drug-likeness (QED) is 0.753. The van der Waals surface area contributed by atoms with E-state index < -0.39 is 18.1 Å². The number of fused-ring (bicyclic) bond motifs is 1. The number of aromatic amines is 1. The topological polar surface area (TPSA) is 132 Å². The molecule has 9 heteroatoms. The molecule has 0 radical (unpaired) electrons. The van der Waals surface area contributed by atoms with Gasteiger partial charge < -0.3 is 10.2 Å². The van der Waals surface area contributed by atoms with Crippen molar-refractivity contribution in [3.05, 3.63) is 5.82 Å². The number of rotatable bonds is 4. The zero-order valence-corrected chi connectivity index (χ0v) is 12.8. The summed E-state index contributed by atoms with van der Waals surface area (Å²) in [6.45, 7) is 0.342. The Labute approximate surface area is 133 Å². The molecule has 2 fully saturated rings. The number of carbonyl (C=O) groups is 2. The van der Waals surface area contributed by atoms with E-state index >= 15 is 0 Å². The van der Waals surface area contributed by atoms with E-state index in [1.165, 1.54) is 0 Å². The van der Waals surface area contributed by atoms with Crippen LogP contribution in [0.25, 0.3) is 0 Å². The Morgan fingerprint density at radius 2 is 2.04 bits per heavy atom. The second-order valence-electron chi connectivity index (χ2n) is 6.59. The Bertz CT molecular complexity index is 564. The molecule has 126 valence electrons. The van der Waals surface area contributed by atoms with Crippen LogP contribution in [0.2, 0.25) is 0 Å². The summed E-state index contributed by atoms with van der Waals surface area (Å²) in [6.07, 6.45) is 3.98. The molecule has 1 amide bonds. The van der Waals surface area contributed by atoms with Gasteiger partial charge >= 0.3 is 12.1 Å². The van der Waals surface area contributed by atoms with Gasteiger partial charge in [0, 0.05) is 13.0 Å². The minimum absolute atomic E-state index is 0.281. The maximum Gasteiger partial charge on any atom is 0.408 e. The van der Waals surface area contributed by atoms with Crippen LogP contribution < -0.4 is 0 Å². The molecule has 1 aliphatic heterocycles. The van der Waals surface area contributed by atoms with Crippen molar-refractivity contribution in [2.24, 2.45) is 17.8 Å². The summed E-state index contributed by atoms with van der Waals surface area (Å²) >= 11 is 0. The summed E-state index contributed by atoms with van der Waals surface area (Å²) in [5.41, 5.74) is 0. The number of hydrogen-bond donors (Lipinski definition) is 3. The van der Waals surface area contributed by atoms with E-state index in [1.54, 1.807) is 0 Å². The molecule has 2 heterocycles. The first-order valence-electron chi connectivity index (χ1n) is 7.99. The van der Waals surface area contributed by atoms with E-state index in [-0.39, 0.29) is 11.8 Å². The normalized spacial score (nSPS) is 30.7. The number of aliphatic carboxylic acids is 1. The molecular weight excluding hydrogens is 302 g/mol. The van der Waals surface area contributed by atoms with Crippen LogP contribution in [0.4, 0.5) is 4.79 Å². The van der Waals surface area contributed by atoms with E-state index in [2.05, 4.69) is 20.6 Å². The number of likely N-dealkylation sites (tertiary alicyclic amines) is 1.